The van der Waals surface area contributed by atoms with Crippen LogP contribution in [0.1, 0.15) is 71.5 Å². The summed E-state index contributed by atoms with van der Waals surface area (Å²) in [5.41, 5.74) is 5.59. The van der Waals surface area contributed by atoms with E-state index in [-0.39, 0.29) is 12.0 Å². The lowest BCUT2D eigenvalue weighted by Gasteiger charge is -2.27. The van der Waals surface area contributed by atoms with Gasteiger partial charge in [-0.25, -0.2) is 0 Å². The Labute approximate surface area is 115 Å². The first kappa shape index (κ1) is 16.1. The Morgan fingerprint density at radius 1 is 1.26 bits per heavy atom. The number of hydrogen-bond donors (Lipinski definition) is 1. The lowest BCUT2D eigenvalue weighted by atomic mass is 9.96. The number of aromatic nitrogens is 2. The minimum Gasteiger partial charge on any atom is -0.367 e. The highest BCUT2D eigenvalue weighted by atomic mass is 16.5. The van der Waals surface area contributed by atoms with Crippen LogP contribution in [0.3, 0.4) is 0 Å². The number of nitrogens with two attached hydrogens (primary N) is 1. The molecular formula is C14H27N3O2. The zero-order chi connectivity index (χ0) is 14.5. The first-order valence-corrected chi connectivity index (χ1v) is 7.28. The van der Waals surface area contributed by atoms with Crippen LogP contribution in [0, 0.1) is 0 Å². The van der Waals surface area contributed by atoms with E-state index in [1.54, 1.807) is 0 Å². The third-order valence-electron chi connectivity index (χ3n) is 3.92. The molecule has 1 heterocycles. The van der Waals surface area contributed by atoms with E-state index in [0.29, 0.717) is 18.3 Å². The Hall–Kier alpha value is -0.940. The summed E-state index contributed by atoms with van der Waals surface area (Å²) in [4.78, 5) is 4.53. The summed E-state index contributed by atoms with van der Waals surface area (Å²) in [6.45, 7) is 10.9. The van der Waals surface area contributed by atoms with Crippen molar-refractivity contribution in [3.8, 4) is 0 Å². The highest BCUT2D eigenvalue weighted by molar-refractivity contribution is 5.04. The molecule has 0 fully saturated rings. The van der Waals surface area contributed by atoms with Gasteiger partial charge >= 0.3 is 0 Å². The summed E-state index contributed by atoms with van der Waals surface area (Å²) in [6, 6.07) is 0.0399. The van der Waals surface area contributed by atoms with E-state index in [0.717, 1.165) is 19.3 Å². The van der Waals surface area contributed by atoms with Crippen molar-refractivity contribution in [3.63, 3.8) is 0 Å². The fraction of sp³-hybridized carbons (Fsp3) is 0.857. The summed E-state index contributed by atoms with van der Waals surface area (Å²) in [6.07, 6.45) is 2.53. The van der Waals surface area contributed by atoms with Crippen molar-refractivity contribution < 1.29 is 9.26 Å². The maximum atomic E-state index is 6.03. The molecule has 0 spiro atoms. The van der Waals surface area contributed by atoms with Crippen molar-refractivity contribution in [1.82, 2.24) is 10.1 Å². The van der Waals surface area contributed by atoms with Crippen LogP contribution < -0.4 is 5.73 Å². The van der Waals surface area contributed by atoms with E-state index in [4.69, 9.17) is 15.0 Å². The van der Waals surface area contributed by atoms with Gasteiger partial charge in [-0.15, -0.1) is 0 Å². The van der Waals surface area contributed by atoms with Crippen molar-refractivity contribution in [2.24, 2.45) is 5.73 Å². The van der Waals surface area contributed by atoms with E-state index >= 15 is 0 Å². The number of rotatable bonds is 8. The van der Waals surface area contributed by atoms with Crippen molar-refractivity contribution in [2.75, 3.05) is 6.61 Å². The number of hydrogen-bond acceptors (Lipinski definition) is 5. The molecule has 0 aromatic carbocycles. The molecule has 0 radical (unpaired) electrons. The van der Waals surface area contributed by atoms with E-state index < -0.39 is 5.60 Å². The summed E-state index contributed by atoms with van der Waals surface area (Å²) in [7, 11) is 0. The topological polar surface area (TPSA) is 74.2 Å². The van der Waals surface area contributed by atoms with Gasteiger partial charge in [0.15, 0.2) is 0 Å². The molecule has 0 saturated heterocycles. The molecule has 110 valence electrons. The third-order valence-corrected chi connectivity index (χ3v) is 3.92. The van der Waals surface area contributed by atoms with Gasteiger partial charge < -0.3 is 15.0 Å². The van der Waals surface area contributed by atoms with E-state index in [2.05, 4.69) is 30.9 Å². The smallest absolute Gasteiger partial charge is 0.231 e. The number of ether oxygens (including phenoxy) is 1. The molecule has 5 heteroatoms. The predicted molar refractivity (Wildman–Crippen MR) is 74.9 cm³/mol. The van der Waals surface area contributed by atoms with Gasteiger partial charge in [0.25, 0.3) is 0 Å². The molecular weight excluding hydrogens is 242 g/mol. The van der Waals surface area contributed by atoms with Gasteiger partial charge in [-0.3, -0.25) is 0 Å². The van der Waals surface area contributed by atoms with E-state index in [9.17, 15) is 0 Å². The fourth-order valence-electron chi connectivity index (χ4n) is 2.25. The zero-order valence-electron chi connectivity index (χ0n) is 12.8. The van der Waals surface area contributed by atoms with Crippen LogP contribution in [0.4, 0.5) is 0 Å². The Bertz CT molecular complexity index is 375. The molecule has 19 heavy (non-hydrogen) atoms. The normalized spacial score (nSPS) is 15.5. The molecule has 0 aliphatic carbocycles. The SMILES string of the molecule is CCOC(CC)(CC)c1noc(C(C)C(N)CC)n1. The highest BCUT2D eigenvalue weighted by Gasteiger charge is 2.35. The quantitative estimate of drug-likeness (QED) is 0.785. The molecule has 5 nitrogen and oxygen atoms in total. The van der Waals surface area contributed by atoms with Gasteiger partial charge in [-0.2, -0.15) is 4.98 Å². The Morgan fingerprint density at radius 2 is 1.89 bits per heavy atom. The lowest BCUT2D eigenvalue weighted by Crippen LogP contribution is -2.30. The van der Waals surface area contributed by atoms with Crippen molar-refractivity contribution in [3.05, 3.63) is 11.7 Å². The standard InChI is InChI=1S/C14H27N3O2/c1-6-11(15)10(5)12-16-13(17-19-12)14(7-2,8-3)18-9-4/h10-11H,6-9,15H2,1-5H3. The predicted octanol–water partition coefficient (Wildman–Crippen LogP) is 2.96. The molecule has 1 aromatic heterocycles. The van der Waals surface area contributed by atoms with Crippen LogP contribution in [0.5, 0.6) is 0 Å². The maximum absolute atomic E-state index is 6.03. The van der Waals surface area contributed by atoms with Gasteiger partial charge in [0, 0.05) is 12.6 Å². The Balaban J connectivity index is 2.99. The second-order valence-corrected chi connectivity index (χ2v) is 4.95. The Kier molecular flexibility index (Phi) is 5.94. The molecule has 0 aliphatic rings. The molecule has 2 atom stereocenters. The van der Waals surface area contributed by atoms with Crippen LogP contribution in [-0.4, -0.2) is 22.8 Å². The van der Waals surface area contributed by atoms with Crippen molar-refractivity contribution in [2.45, 2.75) is 71.4 Å². The summed E-state index contributed by atoms with van der Waals surface area (Å²) >= 11 is 0. The lowest BCUT2D eigenvalue weighted by molar-refractivity contribution is -0.0583. The second kappa shape index (κ2) is 7.01. The van der Waals surface area contributed by atoms with Gasteiger partial charge in [0.2, 0.25) is 11.7 Å². The van der Waals surface area contributed by atoms with Gasteiger partial charge in [-0.05, 0) is 26.2 Å². The number of nitrogens with zero attached hydrogens (tertiary/aromatic N) is 2. The van der Waals surface area contributed by atoms with Crippen LogP contribution in [-0.2, 0) is 10.3 Å². The van der Waals surface area contributed by atoms with Crippen LogP contribution >= 0.6 is 0 Å². The first-order chi connectivity index (χ1) is 9.04. The van der Waals surface area contributed by atoms with Crippen molar-refractivity contribution in [1.29, 1.82) is 0 Å². The Morgan fingerprint density at radius 3 is 2.37 bits per heavy atom. The molecule has 0 bridgehead atoms. The average molecular weight is 269 g/mol. The molecule has 1 aromatic rings. The molecule has 1 rings (SSSR count). The minimum absolute atomic E-state index is 0.0399. The van der Waals surface area contributed by atoms with Gasteiger partial charge in [-0.1, -0.05) is 32.9 Å². The summed E-state index contributed by atoms with van der Waals surface area (Å²) in [5, 5.41) is 4.12. The molecule has 0 amide bonds. The van der Waals surface area contributed by atoms with Crippen LogP contribution in [0.2, 0.25) is 0 Å². The zero-order valence-corrected chi connectivity index (χ0v) is 12.8. The fourth-order valence-corrected chi connectivity index (χ4v) is 2.25. The van der Waals surface area contributed by atoms with E-state index in [1.807, 2.05) is 13.8 Å². The van der Waals surface area contributed by atoms with Gasteiger partial charge in [0.05, 0.1) is 5.92 Å². The third kappa shape index (κ3) is 3.34. The molecule has 0 saturated carbocycles. The minimum atomic E-state index is -0.438. The van der Waals surface area contributed by atoms with Crippen LogP contribution in [0.25, 0.3) is 0 Å². The maximum Gasteiger partial charge on any atom is 0.231 e. The van der Waals surface area contributed by atoms with Crippen molar-refractivity contribution >= 4 is 0 Å². The average Bonchev–Trinajstić information content (AvgIpc) is 2.93. The molecule has 2 unspecified atom stereocenters. The van der Waals surface area contributed by atoms with E-state index in [1.165, 1.54) is 0 Å². The summed E-state index contributed by atoms with van der Waals surface area (Å²) < 4.78 is 11.3. The first-order valence-electron chi connectivity index (χ1n) is 7.28. The highest BCUT2D eigenvalue weighted by Crippen LogP contribution is 2.32. The molecule has 0 aliphatic heterocycles. The second-order valence-electron chi connectivity index (χ2n) is 4.95. The largest absolute Gasteiger partial charge is 0.367 e. The van der Waals surface area contributed by atoms with Gasteiger partial charge in [0.1, 0.15) is 5.60 Å². The summed E-state index contributed by atoms with van der Waals surface area (Å²) in [5.74, 6) is 1.32. The molecule has 2 N–H and O–H groups in total. The monoisotopic (exact) mass is 269 g/mol. The van der Waals surface area contributed by atoms with Crippen LogP contribution in [0.15, 0.2) is 4.52 Å².